The number of carbonyl (C=O) groups excluding carboxylic acids is 2. The van der Waals surface area contributed by atoms with Crippen LogP contribution in [-0.2, 0) is 4.79 Å². The van der Waals surface area contributed by atoms with E-state index in [1.165, 1.54) is 11.3 Å². The summed E-state index contributed by atoms with van der Waals surface area (Å²) in [5.74, 6) is -0.397. The number of anilines is 2. The second-order valence-electron chi connectivity index (χ2n) is 7.32. The minimum Gasteiger partial charge on any atom is -0.326 e. The monoisotopic (exact) mass is 430 g/mol. The molecule has 0 spiro atoms. The minimum atomic E-state index is -0.246. The summed E-state index contributed by atoms with van der Waals surface area (Å²) in [5, 5.41) is 12.4. The molecule has 4 aromatic rings. The highest BCUT2D eigenvalue weighted by Gasteiger charge is 2.19. The van der Waals surface area contributed by atoms with Crippen molar-refractivity contribution in [2.75, 3.05) is 10.6 Å². The summed E-state index contributed by atoms with van der Waals surface area (Å²) in [6, 6.07) is 20.6. The molecule has 0 unspecified atom stereocenters. The van der Waals surface area contributed by atoms with Gasteiger partial charge in [0.15, 0.2) is 0 Å². The molecule has 2 N–H and O–H groups in total. The van der Waals surface area contributed by atoms with Crippen molar-refractivity contribution in [1.82, 2.24) is 9.78 Å². The second kappa shape index (κ2) is 8.97. The molecule has 0 saturated carbocycles. The van der Waals surface area contributed by atoms with Crippen LogP contribution in [0.1, 0.15) is 24.2 Å². The molecular formula is C24H22N4O2S. The summed E-state index contributed by atoms with van der Waals surface area (Å²) in [7, 11) is 0. The van der Waals surface area contributed by atoms with Gasteiger partial charge in [-0.3, -0.25) is 9.59 Å². The molecule has 4 rings (SSSR count). The van der Waals surface area contributed by atoms with Gasteiger partial charge in [0, 0.05) is 23.5 Å². The summed E-state index contributed by atoms with van der Waals surface area (Å²) in [6.45, 7) is 3.68. The van der Waals surface area contributed by atoms with Crippen LogP contribution in [0.5, 0.6) is 0 Å². The van der Waals surface area contributed by atoms with Gasteiger partial charge < -0.3 is 10.6 Å². The van der Waals surface area contributed by atoms with E-state index in [-0.39, 0.29) is 17.7 Å². The lowest BCUT2D eigenvalue weighted by atomic mass is 10.2. The van der Waals surface area contributed by atoms with Gasteiger partial charge in [0.05, 0.1) is 16.1 Å². The first kappa shape index (κ1) is 20.6. The van der Waals surface area contributed by atoms with E-state index in [1.807, 2.05) is 61.7 Å². The number of benzene rings is 2. The van der Waals surface area contributed by atoms with E-state index in [1.54, 1.807) is 35.1 Å². The topological polar surface area (TPSA) is 76.0 Å². The molecule has 6 nitrogen and oxygen atoms in total. The van der Waals surface area contributed by atoms with Gasteiger partial charge in [-0.2, -0.15) is 5.10 Å². The zero-order valence-corrected chi connectivity index (χ0v) is 18.0. The minimum absolute atomic E-state index is 0.0503. The lowest BCUT2D eigenvalue weighted by Crippen LogP contribution is -2.17. The molecule has 0 saturated heterocycles. The average Bonchev–Trinajstić information content (AvgIpc) is 3.45. The highest BCUT2D eigenvalue weighted by Crippen LogP contribution is 2.28. The van der Waals surface area contributed by atoms with E-state index < -0.39 is 0 Å². The Hall–Kier alpha value is -3.71. The van der Waals surface area contributed by atoms with Gasteiger partial charge in [0.25, 0.3) is 5.91 Å². The number of nitrogens with zero attached hydrogens (tertiary/aromatic N) is 2. The number of amides is 2. The Labute approximate surface area is 184 Å². The quantitative estimate of drug-likeness (QED) is 0.427. The highest BCUT2D eigenvalue weighted by atomic mass is 32.1. The number of hydrogen-bond donors (Lipinski definition) is 2. The number of thiophene rings is 1. The molecule has 0 aliphatic heterocycles. The van der Waals surface area contributed by atoms with Crippen molar-refractivity contribution in [3.05, 3.63) is 83.9 Å². The van der Waals surface area contributed by atoms with Gasteiger partial charge in [-0.15, -0.1) is 11.3 Å². The second-order valence-corrected chi connectivity index (χ2v) is 8.27. The molecule has 0 aliphatic rings. The first-order valence-electron chi connectivity index (χ1n) is 9.92. The predicted molar refractivity (Wildman–Crippen MR) is 125 cm³/mol. The summed E-state index contributed by atoms with van der Waals surface area (Å²) < 4.78 is 1.72. The molecular weight excluding hydrogens is 408 g/mol. The molecule has 0 atom stereocenters. The Morgan fingerprint density at radius 2 is 1.58 bits per heavy atom. The molecule has 2 amide bonds. The Bertz CT molecular complexity index is 1180. The van der Waals surface area contributed by atoms with E-state index in [2.05, 4.69) is 15.7 Å². The Kier molecular flexibility index (Phi) is 5.95. The van der Waals surface area contributed by atoms with E-state index in [0.29, 0.717) is 22.6 Å². The van der Waals surface area contributed by atoms with Crippen molar-refractivity contribution in [2.24, 2.45) is 5.92 Å². The van der Waals surface area contributed by atoms with Crippen LogP contribution in [0.2, 0.25) is 0 Å². The summed E-state index contributed by atoms with van der Waals surface area (Å²) in [4.78, 5) is 25.9. The van der Waals surface area contributed by atoms with Gasteiger partial charge >= 0.3 is 0 Å². The molecule has 7 heteroatoms. The van der Waals surface area contributed by atoms with E-state index >= 15 is 0 Å². The molecule has 156 valence electrons. The van der Waals surface area contributed by atoms with E-state index in [4.69, 9.17) is 0 Å². The molecule has 0 radical (unpaired) electrons. The van der Waals surface area contributed by atoms with Crippen LogP contribution in [0, 0.1) is 5.92 Å². The number of rotatable bonds is 6. The number of hydrogen-bond acceptors (Lipinski definition) is 4. The van der Waals surface area contributed by atoms with Crippen LogP contribution in [0.3, 0.4) is 0 Å². The first-order valence-corrected chi connectivity index (χ1v) is 10.8. The van der Waals surface area contributed by atoms with Gasteiger partial charge in [-0.05, 0) is 47.8 Å². The molecule has 0 aliphatic carbocycles. The summed E-state index contributed by atoms with van der Waals surface area (Å²) in [5.41, 5.74) is 3.33. The van der Waals surface area contributed by atoms with Crippen molar-refractivity contribution in [3.63, 3.8) is 0 Å². The summed E-state index contributed by atoms with van der Waals surface area (Å²) in [6.07, 6.45) is 1.75. The predicted octanol–water partition coefficient (Wildman–Crippen LogP) is 5.45. The highest BCUT2D eigenvalue weighted by molar-refractivity contribution is 7.13. The maximum atomic E-state index is 13.1. The van der Waals surface area contributed by atoms with Gasteiger partial charge in [0.1, 0.15) is 5.69 Å². The van der Waals surface area contributed by atoms with Crippen molar-refractivity contribution in [1.29, 1.82) is 0 Å². The van der Waals surface area contributed by atoms with Crippen LogP contribution in [0.25, 0.3) is 16.3 Å². The summed E-state index contributed by atoms with van der Waals surface area (Å²) >= 11 is 1.54. The fourth-order valence-electron chi connectivity index (χ4n) is 2.97. The fraction of sp³-hybridized carbons (Fsp3) is 0.125. The molecule has 0 bridgehead atoms. The number of nitrogens with one attached hydrogen (secondary N) is 2. The van der Waals surface area contributed by atoms with E-state index in [9.17, 15) is 9.59 Å². The van der Waals surface area contributed by atoms with Crippen molar-refractivity contribution in [3.8, 4) is 16.3 Å². The smallest absolute Gasteiger partial charge is 0.259 e. The largest absolute Gasteiger partial charge is 0.326 e. The maximum absolute atomic E-state index is 13.1. The van der Waals surface area contributed by atoms with Crippen molar-refractivity contribution >= 4 is 34.5 Å². The van der Waals surface area contributed by atoms with E-state index in [0.717, 1.165) is 10.6 Å². The third-order valence-corrected chi connectivity index (χ3v) is 5.55. The van der Waals surface area contributed by atoms with Crippen LogP contribution in [0.15, 0.2) is 78.3 Å². The van der Waals surface area contributed by atoms with Crippen LogP contribution in [-0.4, -0.2) is 21.6 Å². The molecule has 2 aromatic heterocycles. The van der Waals surface area contributed by atoms with Gasteiger partial charge in [-0.25, -0.2) is 4.68 Å². The molecule has 0 fully saturated rings. The SMILES string of the molecule is CC(C)C(=O)Nc1ccc(NC(=O)c2cn(-c3ccccc3)nc2-c2cccs2)cc1. The van der Waals surface area contributed by atoms with Crippen LogP contribution >= 0.6 is 11.3 Å². The third-order valence-electron chi connectivity index (χ3n) is 4.67. The van der Waals surface area contributed by atoms with Gasteiger partial charge in [-0.1, -0.05) is 38.1 Å². The Balaban J connectivity index is 1.58. The first-order chi connectivity index (χ1) is 15.0. The third kappa shape index (κ3) is 4.73. The fourth-order valence-corrected chi connectivity index (χ4v) is 3.69. The number of para-hydroxylation sites is 1. The number of carbonyl (C=O) groups is 2. The maximum Gasteiger partial charge on any atom is 0.259 e. The zero-order valence-electron chi connectivity index (χ0n) is 17.2. The van der Waals surface area contributed by atoms with Crippen molar-refractivity contribution < 1.29 is 9.59 Å². The Morgan fingerprint density at radius 1 is 0.903 bits per heavy atom. The van der Waals surface area contributed by atoms with Gasteiger partial charge in [0.2, 0.25) is 5.91 Å². The van der Waals surface area contributed by atoms with Crippen LogP contribution in [0.4, 0.5) is 11.4 Å². The lowest BCUT2D eigenvalue weighted by molar-refractivity contribution is -0.118. The normalized spacial score (nSPS) is 10.8. The molecule has 2 heterocycles. The average molecular weight is 431 g/mol. The van der Waals surface area contributed by atoms with Crippen molar-refractivity contribution in [2.45, 2.75) is 13.8 Å². The Morgan fingerprint density at radius 3 is 2.19 bits per heavy atom. The lowest BCUT2D eigenvalue weighted by Gasteiger charge is -2.09. The standard InChI is InChI=1S/C24H22N4O2S/c1-16(2)23(29)25-17-10-12-18(13-11-17)26-24(30)20-15-28(19-7-4-3-5-8-19)27-22(20)21-9-6-14-31-21/h3-16H,1-2H3,(H,25,29)(H,26,30). The molecule has 31 heavy (non-hydrogen) atoms. The molecule has 2 aromatic carbocycles. The zero-order chi connectivity index (χ0) is 21.8. The number of aromatic nitrogens is 2. The van der Waals surface area contributed by atoms with Crippen LogP contribution < -0.4 is 10.6 Å².